The van der Waals surface area contributed by atoms with Gasteiger partial charge >= 0.3 is 5.97 Å². The van der Waals surface area contributed by atoms with Crippen LogP contribution in [0.1, 0.15) is 39.1 Å². The van der Waals surface area contributed by atoms with Crippen molar-refractivity contribution in [1.29, 1.82) is 5.26 Å². The Bertz CT molecular complexity index is 748. The van der Waals surface area contributed by atoms with Crippen LogP contribution in [0.2, 0.25) is 0 Å². The topological polar surface area (TPSA) is 67.2 Å². The van der Waals surface area contributed by atoms with E-state index in [1.165, 1.54) is 30.3 Å². The molecule has 0 fully saturated rings. The van der Waals surface area contributed by atoms with Crippen molar-refractivity contribution in [3.63, 3.8) is 0 Å². The molecular formula is C18H14FNO3. The van der Waals surface area contributed by atoms with Crippen LogP contribution in [0.3, 0.4) is 0 Å². The number of carbonyl (C=O) groups is 2. The van der Waals surface area contributed by atoms with E-state index >= 15 is 0 Å². The molecule has 0 spiro atoms. The highest BCUT2D eigenvalue weighted by atomic mass is 19.1. The van der Waals surface area contributed by atoms with Gasteiger partial charge in [0.15, 0.2) is 5.78 Å². The van der Waals surface area contributed by atoms with E-state index in [1.54, 1.807) is 18.2 Å². The molecule has 0 atom stereocenters. The molecule has 0 aliphatic heterocycles. The van der Waals surface area contributed by atoms with Gasteiger partial charge in [0.05, 0.1) is 23.8 Å². The third-order valence-corrected chi connectivity index (χ3v) is 3.17. The van der Waals surface area contributed by atoms with Crippen LogP contribution < -0.4 is 0 Å². The summed E-state index contributed by atoms with van der Waals surface area (Å²) in [5.41, 5.74) is 1.11. The monoisotopic (exact) mass is 311 g/mol. The van der Waals surface area contributed by atoms with Crippen LogP contribution in [-0.4, -0.2) is 18.4 Å². The third-order valence-electron chi connectivity index (χ3n) is 3.17. The van der Waals surface area contributed by atoms with Gasteiger partial charge in [0.2, 0.25) is 0 Å². The number of Topliss-reactive ketones (excluding diaryl/α,β-unsaturated/α-hetero) is 1. The first-order chi connectivity index (χ1) is 11.1. The third kappa shape index (κ3) is 4.75. The maximum absolute atomic E-state index is 12.8. The Labute approximate surface area is 133 Å². The molecule has 4 nitrogen and oxygen atoms in total. The lowest BCUT2D eigenvalue weighted by atomic mass is 10.1. The molecule has 0 saturated heterocycles. The summed E-state index contributed by atoms with van der Waals surface area (Å²) in [6.45, 7) is 0.0998. The predicted molar refractivity (Wildman–Crippen MR) is 81.4 cm³/mol. The minimum Gasteiger partial charge on any atom is -0.462 e. The molecule has 0 heterocycles. The van der Waals surface area contributed by atoms with Crippen molar-refractivity contribution in [2.75, 3.05) is 6.61 Å². The largest absolute Gasteiger partial charge is 0.462 e. The number of ketones is 1. The van der Waals surface area contributed by atoms with Crippen molar-refractivity contribution < 1.29 is 18.7 Å². The minimum absolute atomic E-state index is 0.0998. The molecule has 0 unspecified atom stereocenters. The zero-order valence-corrected chi connectivity index (χ0v) is 12.3. The molecule has 0 aliphatic carbocycles. The highest BCUT2D eigenvalue weighted by Crippen LogP contribution is 2.09. The van der Waals surface area contributed by atoms with E-state index in [0.717, 1.165) is 0 Å². The molecule has 2 aromatic rings. The average Bonchev–Trinajstić information content (AvgIpc) is 2.59. The summed E-state index contributed by atoms with van der Waals surface area (Å²) in [4.78, 5) is 23.7. The van der Waals surface area contributed by atoms with E-state index in [-0.39, 0.29) is 18.8 Å². The Morgan fingerprint density at radius 3 is 2.52 bits per heavy atom. The van der Waals surface area contributed by atoms with Crippen LogP contribution in [-0.2, 0) is 4.74 Å². The van der Waals surface area contributed by atoms with E-state index in [4.69, 9.17) is 10.00 Å². The number of nitrogens with zero attached hydrogens (tertiary/aromatic N) is 1. The first-order valence-electron chi connectivity index (χ1n) is 7.06. The zero-order valence-electron chi connectivity index (χ0n) is 12.3. The summed E-state index contributed by atoms with van der Waals surface area (Å²) in [7, 11) is 0. The second kappa shape index (κ2) is 7.85. The molecule has 23 heavy (non-hydrogen) atoms. The SMILES string of the molecule is N#Cc1cccc(C(=O)OCCCC(=O)c2ccc(F)cc2)c1. The molecule has 116 valence electrons. The standard InChI is InChI=1S/C18H14FNO3/c19-16-8-6-14(7-9-16)17(21)5-2-10-23-18(22)15-4-1-3-13(11-15)12-20/h1,3-4,6-9,11H,2,5,10H2. The van der Waals surface area contributed by atoms with Gasteiger partial charge in [-0.1, -0.05) is 6.07 Å². The van der Waals surface area contributed by atoms with Crippen LogP contribution in [0, 0.1) is 17.1 Å². The lowest BCUT2D eigenvalue weighted by Crippen LogP contribution is -2.08. The Morgan fingerprint density at radius 1 is 1.09 bits per heavy atom. The Hall–Kier alpha value is -3.00. The summed E-state index contributed by atoms with van der Waals surface area (Å²) in [6, 6.07) is 13.5. The number of hydrogen-bond donors (Lipinski definition) is 0. The van der Waals surface area contributed by atoms with Crippen LogP contribution in [0.25, 0.3) is 0 Å². The second-order valence-corrected chi connectivity index (χ2v) is 4.86. The highest BCUT2D eigenvalue weighted by molar-refractivity contribution is 5.96. The van der Waals surface area contributed by atoms with E-state index in [9.17, 15) is 14.0 Å². The second-order valence-electron chi connectivity index (χ2n) is 4.86. The highest BCUT2D eigenvalue weighted by Gasteiger charge is 2.09. The number of hydrogen-bond acceptors (Lipinski definition) is 4. The van der Waals surface area contributed by atoms with Crippen LogP contribution >= 0.6 is 0 Å². The van der Waals surface area contributed by atoms with Gasteiger partial charge in [-0.15, -0.1) is 0 Å². The number of benzene rings is 2. The van der Waals surface area contributed by atoms with E-state index in [2.05, 4.69) is 0 Å². The van der Waals surface area contributed by atoms with Crippen molar-refractivity contribution in [1.82, 2.24) is 0 Å². The van der Waals surface area contributed by atoms with Crippen molar-refractivity contribution in [3.8, 4) is 6.07 Å². The number of nitriles is 1. The van der Waals surface area contributed by atoms with Gasteiger partial charge in [-0.25, -0.2) is 9.18 Å². The van der Waals surface area contributed by atoms with Crippen LogP contribution in [0.4, 0.5) is 4.39 Å². The number of halogens is 1. The summed E-state index contributed by atoms with van der Waals surface area (Å²) >= 11 is 0. The average molecular weight is 311 g/mol. The molecule has 0 radical (unpaired) electrons. The normalized spacial score (nSPS) is 9.91. The summed E-state index contributed by atoms with van der Waals surface area (Å²) < 4.78 is 17.8. The fourth-order valence-corrected chi connectivity index (χ4v) is 1.98. The first-order valence-corrected chi connectivity index (χ1v) is 7.06. The predicted octanol–water partition coefficient (Wildman–Crippen LogP) is 3.52. The Kier molecular flexibility index (Phi) is 5.59. The van der Waals surface area contributed by atoms with Crippen molar-refractivity contribution in [2.45, 2.75) is 12.8 Å². The van der Waals surface area contributed by atoms with Crippen molar-refractivity contribution in [2.24, 2.45) is 0 Å². The number of carbonyl (C=O) groups excluding carboxylic acids is 2. The Morgan fingerprint density at radius 2 is 1.83 bits per heavy atom. The van der Waals surface area contributed by atoms with Gasteiger partial charge in [0.1, 0.15) is 5.82 Å². The molecule has 0 saturated carbocycles. The molecule has 5 heteroatoms. The molecule has 0 N–H and O–H groups in total. The van der Waals surface area contributed by atoms with Gasteiger partial charge in [0.25, 0.3) is 0 Å². The van der Waals surface area contributed by atoms with Crippen molar-refractivity contribution in [3.05, 3.63) is 71.0 Å². The maximum atomic E-state index is 12.8. The molecule has 0 aromatic heterocycles. The van der Waals surface area contributed by atoms with Gasteiger partial charge in [-0.3, -0.25) is 4.79 Å². The first kappa shape index (κ1) is 16.4. The molecular weight excluding hydrogens is 297 g/mol. The van der Waals surface area contributed by atoms with E-state index in [1.807, 2.05) is 6.07 Å². The fourth-order valence-electron chi connectivity index (χ4n) is 1.98. The summed E-state index contributed by atoms with van der Waals surface area (Å²) in [6.07, 6.45) is 0.580. The van der Waals surface area contributed by atoms with Crippen molar-refractivity contribution >= 4 is 11.8 Å². The van der Waals surface area contributed by atoms with E-state index in [0.29, 0.717) is 23.1 Å². The number of ether oxygens (including phenoxy) is 1. The number of rotatable bonds is 6. The molecule has 0 bridgehead atoms. The van der Waals surface area contributed by atoms with Crippen LogP contribution in [0.5, 0.6) is 0 Å². The van der Waals surface area contributed by atoms with Gasteiger partial charge in [0, 0.05) is 12.0 Å². The zero-order chi connectivity index (χ0) is 16.7. The lowest BCUT2D eigenvalue weighted by molar-refractivity contribution is 0.0494. The molecule has 2 aromatic carbocycles. The van der Waals surface area contributed by atoms with Gasteiger partial charge < -0.3 is 4.74 Å². The summed E-state index contributed by atoms with van der Waals surface area (Å²) in [5, 5.41) is 8.78. The van der Waals surface area contributed by atoms with Crippen LogP contribution in [0.15, 0.2) is 48.5 Å². The minimum atomic E-state index is -0.531. The summed E-state index contributed by atoms with van der Waals surface area (Å²) in [5.74, 6) is -1.06. The van der Waals surface area contributed by atoms with Gasteiger partial charge in [-0.2, -0.15) is 5.26 Å². The molecule has 2 rings (SSSR count). The molecule has 0 aliphatic rings. The lowest BCUT2D eigenvalue weighted by Gasteiger charge is -2.05. The van der Waals surface area contributed by atoms with Gasteiger partial charge in [-0.05, 0) is 48.9 Å². The van der Waals surface area contributed by atoms with E-state index < -0.39 is 11.8 Å². The quantitative estimate of drug-likeness (QED) is 0.465. The fraction of sp³-hybridized carbons (Fsp3) is 0.167. The maximum Gasteiger partial charge on any atom is 0.338 e. The number of esters is 1. The Balaban J connectivity index is 1.78. The molecule has 0 amide bonds. The smallest absolute Gasteiger partial charge is 0.338 e.